The molecule has 0 saturated carbocycles. The van der Waals surface area contributed by atoms with Gasteiger partial charge in [0.25, 0.3) is 5.91 Å². The number of hydrogen-bond donors (Lipinski definition) is 3. The molecule has 0 bridgehead atoms. The molecule has 0 aliphatic heterocycles. The van der Waals surface area contributed by atoms with Crippen molar-refractivity contribution in [1.29, 1.82) is 0 Å². The summed E-state index contributed by atoms with van der Waals surface area (Å²) in [4.78, 5) is 24.3. The van der Waals surface area contributed by atoms with Gasteiger partial charge in [0.05, 0.1) is 28.8 Å². The molecule has 30 heavy (non-hydrogen) atoms. The number of nitrogens with one attached hydrogen (secondary N) is 3. The molecule has 0 spiro atoms. The highest BCUT2D eigenvalue weighted by Gasteiger charge is 2.33. The summed E-state index contributed by atoms with van der Waals surface area (Å²) >= 11 is 0. The van der Waals surface area contributed by atoms with Crippen molar-refractivity contribution >= 4 is 29.0 Å². The van der Waals surface area contributed by atoms with Crippen LogP contribution in [0.3, 0.4) is 0 Å². The van der Waals surface area contributed by atoms with E-state index in [9.17, 15) is 27.2 Å². The number of halogens is 4. The summed E-state index contributed by atoms with van der Waals surface area (Å²) in [5, 5.41) is 6.76. The number of furan rings is 1. The average molecular weight is 421 g/mol. The van der Waals surface area contributed by atoms with Crippen molar-refractivity contribution in [2.45, 2.75) is 13.1 Å². The summed E-state index contributed by atoms with van der Waals surface area (Å²) in [7, 11) is 0. The molecule has 1 aromatic heterocycles. The van der Waals surface area contributed by atoms with Crippen molar-refractivity contribution in [3.8, 4) is 0 Å². The van der Waals surface area contributed by atoms with Gasteiger partial charge in [0, 0.05) is 5.69 Å². The van der Waals surface area contributed by atoms with Crippen molar-refractivity contribution in [3.05, 3.63) is 77.5 Å². The Morgan fingerprint density at radius 1 is 0.933 bits per heavy atom. The van der Waals surface area contributed by atoms with Gasteiger partial charge in [-0.15, -0.1) is 0 Å². The van der Waals surface area contributed by atoms with Crippen LogP contribution in [0.5, 0.6) is 0 Å². The molecule has 1 heterocycles. The Morgan fingerprint density at radius 3 is 2.33 bits per heavy atom. The van der Waals surface area contributed by atoms with Crippen LogP contribution >= 0.6 is 0 Å². The fourth-order valence-corrected chi connectivity index (χ4v) is 2.63. The van der Waals surface area contributed by atoms with E-state index in [1.165, 1.54) is 30.5 Å². The van der Waals surface area contributed by atoms with Gasteiger partial charge in [0.2, 0.25) is 0 Å². The average Bonchev–Trinajstić information content (AvgIpc) is 3.10. The highest BCUT2D eigenvalue weighted by Crippen LogP contribution is 2.34. The molecule has 6 nitrogen and oxygen atoms in total. The molecule has 0 aliphatic rings. The van der Waals surface area contributed by atoms with Gasteiger partial charge < -0.3 is 20.4 Å². The molecule has 0 saturated heterocycles. The van der Waals surface area contributed by atoms with Gasteiger partial charge in [-0.05, 0) is 43.3 Å². The van der Waals surface area contributed by atoms with Crippen LogP contribution in [-0.2, 0) is 6.18 Å². The first-order valence-electron chi connectivity index (χ1n) is 8.54. The summed E-state index contributed by atoms with van der Waals surface area (Å²) in [5.74, 6) is -1.05. The maximum Gasteiger partial charge on any atom is 0.418 e. The number of alkyl halides is 3. The van der Waals surface area contributed by atoms with E-state index in [0.717, 1.165) is 24.3 Å². The third-order valence-electron chi connectivity index (χ3n) is 4.06. The summed E-state index contributed by atoms with van der Waals surface area (Å²) in [6, 6.07) is 8.25. The van der Waals surface area contributed by atoms with Crippen LogP contribution in [0.4, 0.5) is 39.4 Å². The molecule has 3 aromatic rings. The normalized spacial score (nSPS) is 11.1. The molecule has 10 heteroatoms. The smallest absolute Gasteiger partial charge is 0.418 e. The third-order valence-corrected chi connectivity index (χ3v) is 4.06. The number of carbonyl (C=O) groups excluding carboxylic acids is 2. The molecule has 0 unspecified atom stereocenters. The molecule has 3 N–H and O–H groups in total. The van der Waals surface area contributed by atoms with E-state index in [1.54, 1.807) is 6.92 Å². The highest BCUT2D eigenvalue weighted by molar-refractivity contribution is 6.05. The van der Waals surface area contributed by atoms with E-state index < -0.39 is 35.2 Å². The van der Waals surface area contributed by atoms with Crippen molar-refractivity contribution in [2.24, 2.45) is 0 Å². The lowest BCUT2D eigenvalue weighted by Gasteiger charge is -2.14. The third kappa shape index (κ3) is 4.77. The zero-order valence-electron chi connectivity index (χ0n) is 15.4. The molecule has 0 atom stereocenters. The Balaban J connectivity index is 1.74. The summed E-state index contributed by atoms with van der Waals surface area (Å²) in [5.41, 5.74) is -1.42. The molecule has 3 amide bonds. The summed E-state index contributed by atoms with van der Waals surface area (Å²) in [6.07, 6.45) is -3.34. The van der Waals surface area contributed by atoms with Gasteiger partial charge in [-0.3, -0.25) is 4.79 Å². The van der Waals surface area contributed by atoms with Crippen LogP contribution in [-0.4, -0.2) is 11.9 Å². The maximum absolute atomic E-state index is 14.0. The van der Waals surface area contributed by atoms with Crippen molar-refractivity contribution < 1.29 is 31.6 Å². The molecular formula is C20H15F4N3O3. The number of hydrogen-bond acceptors (Lipinski definition) is 3. The first kappa shape index (κ1) is 20.9. The summed E-state index contributed by atoms with van der Waals surface area (Å²) in [6.45, 7) is 1.56. The van der Waals surface area contributed by atoms with E-state index in [0.29, 0.717) is 5.76 Å². The van der Waals surface area contributed by atoms with Crippen molar-refractivity contribution in [2.75, 3.05) is 16.0 Å². The van der Waals surface area contributed by atoms with E-state index in [1.807, 2.05) is 0 Å². The van der Waals surface area contributed by atoms with Crippen LogP contribution in [0.15, 0.2) is 59.2 Å². The molecule has 2 aromatic carbocycles. The van der Waals surface area contributed by atoms with Crippen LogP contribution in [0.25, 0.3) is 0 Å². The number of rotatable bonds is 4. The first-order chi connectivity index (χ1) is 14.1. The predicted molar refractivity (Wildman–Crippen MR) is 102 cm³/mol. The number of urea groups is 1. The standard InChI is InChI=1S/C20H15F4N3O3/c1-11-13(8-9-30-11)18(28)26-17-10-12(6-7-15(17)21)25-19(29)27-16-5-3-2-4-14(16)20(22,23)24/h2-10H,1H3,(H,26,28)(H2,25,27,29). The highest BCUT2D eigenvalue weighted by atomic mass is 19.4. The molecule has 0 radical (unpaired) electrons. The minimum absolute atomic E-state index is 0.0533. The quantitative estimate of drug-likeness (QED) is 0.477. The number of carbonyl (C=O) groups is 2. The number of para-hydroxylation sites is 1. The van der Waals surface area contributed by atoms with Gasteiger partial charge in [-0.25, -0.2) is 9.18 Å². The molecule has 0 aliphatic carbocycles. The Morgan fingerprint density at radius 2 is 1.67 bits per heavy atom. The molecule has 0 fully saturated rings. The monoisotopic (exact) mass is 421 g/mol. The molecule has 156 valence electrons. The van der Waals surface area contributed by atoms with E-state index >= 15 is 0 Å². The zero-order valence-corrected chi connectivity index (χ0v) is 15.4. The van der Waals surface area contributed by atoms with Crippen molar-refractivity contribution in [1.82, 2.24) is 0 Å². The van der Waals surface area contributed by atoms with E-state index in [2.05, 4.69) is 16.0 Å². The Hall–Kier alpha value is -3.82. The second-order valence-electron chi connectivity index (χ2n) is 6.16. The lowest BCUT2D eigenvalue weighted by atomic mass is 10.1. The van der Waals surface area contributed by atoms with E-state index in [4.69, 9.17) is 4.42 Å². The largest absolute Gasteiger partial charge is 0.469 e. The van der Waals surface area contributed by atoms with Gasteiger partial charge in [-0.1, -0.05) is 12.1 Å². The van der Waals surface area contributed by atoms with Gasteiger partial charge >= 0.3 is 12.2 Å². The van der Waals surface area contributed by atoms with Gasteiger partial charge in [-0.2, -0.15) is 13.2 Å². The van der Waals surface area contributed by atoms with E-state index in [-0.39, 0.29) is 16.9 Å². The summed E-state index contributed by atoms with van der Waals surface area (Å²) < 4.78 is 58.2. The first-order valence-corrected chi connectivity index (χ1v) is 8.54. The minimum Gasteiger partial charge on any atom is -0.469 e. The second-order valence-corrected chi connectivity index (χ2v) is 6.16. The van der Waals surface area contributed by atoms with Crippen LogP contribution < -0.4 is 16.0 Å². The number of anilines is 3. The number of amides is 3. The Bertz CT molecular complexity index is 1090. The SMILES string of the molecule is Cc1occc1C(=O)Nc1cc(NC(=O)Nc2ccccc2C(F)(F)F)ccc1F. The van der Waals surface area contributed by atoms with Crippen molar-refractivity contribution in [3.63, 3.8) is 0 Å². The maximum atomic E-state index is 14.0. The lowest BCUT2D eigenvalue weighted by molar-refractivity contribution is -0.136. The Kier molecular flexibility index (Phi) is 5.77. The van der Waals surface area contributed by atoms with Gasteiger partial charge in [0.1, 0.15) is 11.6 Å². The van der Waals surface area contributed by atoms with Crippen LogP contribution in [0.1, 0.15) is 21.7 Å². The fraction of sp³-hybridized carbons (Fsp3) is 0.100. The minimum atomic E-state index is -4.65. The van der Waals surface area contributed by atoms with Gasteiger partial charge in [0.15, 0.2) is 0 Å². The molecular weight excluding hydrogens is 406 g/mol. The lowest BCUT2D eigenvalue weighted by Crippen LogP contribution is -2.22. The zero-order chi connectivity index (χ0) is 21.9. The topological polar surface area (TPSA) is 83.4 Å². The second kappa shape index (κ2) is 8.27. The predicted octanol–water partition coefficient (Wildman–Crippen LogP) is 5.64. The fourth-order valence-electron chi connectivity index (χ4n) is 2.63. The Labute approximate surface area is 167 Å². The number of benzene rings is 2. The van der Waals surface area contributed by atoms with Crippen LogP contribution in [0, 0.1) is 12.7 Å². The molecule has 3 rings (SSSR count). The number of aryl methyl sites for hydroxylation is 1. The van der Waals surface area contributed by atoms with Crippen LogP contribution in [0.2, 0.25) is 0 Å².